The van der Waals surface area contributed by atoms with Crippen LogP contribution in [0.4, 0.5) is 0 Å². The van der Waals surface area contributed by atoms with Gasteiger partial charge in [-0.15, -0.1) is 0 Å². The molecule has 4 rings (SSSR count). The first-order valence-corrected chi connectivity index (χ1v) is 8.55. The SMILES string of the molecule is COC(=O)c1c2cccc(-c3ccccc3Oc3ccccc3)c2nn1C. The van der Waals surface area contributed by atoms with Gasteiger partial charge in [0.15, 0.2) is 5.69 Å². The second-order valence-corrected chi connectivity index (χ2v) is 6.08. The molecule has 3 aromatic carbocycles. The molecule has 0 saturated heterocycles. The zero-order chi connectivity index (χ0) is 18.8. The van der Waals surface area contributed by atoms with Crippen LogP contribution in [0, 0.1) is 0 Å². The lowest BCUT2D eigenvalue weighted by Gasteiger charge is -2.11. The van der Waals surface area contributed by atoms with E-state index in [1.807, 2.05) is 72.8 Å². The maximum atomic E-state index is 12.2. The summed E-state index contributed by atoms with van der Waals surface area (Å²) in [6, 6.07) is 23.2. The fourth-order valence-electron chi connectivity index (χ4n) is 3.17. The zero-order valence-electron chi connectivity index (χ0n) is 15.0. The van der Waals surface area contributed by atoms with Gasteiger partial charge < -0.3 is 9.47 Å². The lowest BCUT2D eigenvalue weighted by atomic mass is 10.0. The highest BCUT2D eigenvalue weighted by atomic mass is 16.5. The van der Waals surface area contributed by atoms with E-state index in [0.717, 1.165) is 33.5 Å². The zero-order valence-corrected chi connectivity index (χ0v) is 15.0. The van der Waals surface area contributed by atoms with Gasteiger partial charge in [0.1, 0.15) is 17.0 Å². The summed E-state index contributed by atoms with van der Waals surface area (Å²) in [6.45, 7) is 0. The molecule has 0 saturated carbocycles. The first-order valence-electron chi connectivity index (χ1n) is 8.55. The van der Waals surface area contributed by atoms with E-state index in [1.165, 1.54) is 7.11 Å². The van der Waals surface area contributed by atoms with Crippen LogP contribution in [0.5, 0.6) is 11.5 Å². The van der Waals surface area contributed by atoms with Crippen LogP contribution in [0.3, 0.4) is 0 Å². The molecular formula is C22H18N2O3. The van der Waals surface area contributed by atoms with Gasteiger partial charge in [-0.2, -0.15) is 5.10 Å². The summed E-state index contributed by atoms with van der Waals surface area (Å²) in [7, 11) is 3.11. The van der Waals surface area contributed by atoms with Crippen molar-refractivity contribution in [1.82, 2.24) is 9.78 Å². The molecule has 0 amide bonds. The van der Waals surface area contributed by atoms with Crippen molar-refractivity contribution in [3.8, 4) is 22.6 Å². The number of aryl methyl sites for hydroxylation is 1. The van der Waals surface area contributed by atoms with Gasteiger partial charge in [0.25, 0.3) is 0 Å². The second-order valence-electron chi connectivity index (χ2n) is 6.08. The first kappa shape index (κ1) is 16.8. The number of para-hydroxylation sites is 2. The number of hydrogen-bond acceptors (Lipinski definition) is 4. The molecule has 0 aliphatic rings. The number of hydrogen-bond donors (Lipinski definition) is 0. The number of esters is 1. The molecule has 0 radical (unpaired) electrons. The molecule has 0 N–H and O–H groups in total. The molecule has 0 bridgehead atoms. The topological polar surface area (TPSA) is 53.4 Å². The maximum absolute atomic E-state index is 12.2. The average molecular weight is 358 g/mol. The Bertz CT molecular complexity index is 1120. The smallest absolute Gasteiger partial charge is 0.356 e. The Morgan fingerprint density at radius 3 is 2.37 bits per heavy atom. The van der Waals surface area contributed by atoms with E-state index in [0.29, 0.717) is 5.69 Å². The molecule has 0 fully saturated rings. The number of aromatic nitrogens is 2. The number of carbonyl (C=O) groups excluding carboxylic acids is 1. The van der Waals surface area contributed by atoms with Crippen molar-refractivity contribution in [2.24, 2.45) is 7.05 Å². The van der Waals surface area contributed by atoms with E-state index < -0.39 is 5.97 Å². The van der Waals surface area contributed by atoms with E-state index in [2.05, 4.69) is 5.10 Å². The summed E-state index contributed by atoms with van der Waals surface area (Å²) < 4.78 is 12.6. The van der Waals surface area contributed by atoms with Crippen molar-refractivity contribution in [1.29, 1.82) is 0 Å². The van der Waals surface area contributed by atoms with Crippen LogP contribution in [0.2, 0.25) is 0 Å². The van der Waals surface area contributed by atoms with Crippen LogP contribution in [0.15, 0.2) is 72.8 Å². The van der Waals surface area contributed by atoms with Gasteiger partial charge in [-0.3, -0.25) is 4.68 Å². The minimum Gasteiger partial charge on any atom is -0.464 e. The van der Waals surface area contributed by atoms with Gasteiger partial charge in [-0.05, 0) is 18.2 Å². The summed E-state index contributed by atoms with van der Waals surface area (Å²) >= 11 is 0. The number of nitrogens with zero attached hydrogens (tertiary/aromatic N) is 2. The highest BCUT2D eigenvalue weighted by molar-refractivity contribution is 6.06. The molecule has 5 heteroatoms. The quantitative estimate of drug-likeness (QED) is 0.491. The Balaban J connectivity index is 1.88. The molecule has 27 heavy (non-hydrogen) atoms. The minimum absolute atomic E-state index is 0.411. The second kappa shape index (κ2) is 6.96. The third kappa shape index (κ3) is 3.04. The van der Waals surface area contributed by atoms with E-state index in [1.54, 1.807) is 11.7 Å². The standard InChI is InChI=1S/C22H18N2O3/c1-24-21(22(25)26-2)18-13-8-12-17(20(18)23-24)16-11-6-7-14-19(16)27-15-9-4-3-5-10-15/h3-14H,1-2H3. The Morgan fingerprint density at radius 2 is 1.59 bits per heavy atom. The van der Waals surface area contributed by atoms with Crippen LogP contribution in [0.1, 0.15) is 10.5 Å². The number of fused-ring (bicyclic) bond motifs is 1. The van der Waals surface area contributed by atoms with Crippen molar-refractivity contribution in [2.75, 3.05) is 7.11 Å². The normalized spacial score (nSPS) is 10.7. The lowest BCUT2D eigenvalue weighted by Crippen LogP contribution is -2.08. The lowest BCUT2D eigenvalue weighted by molar-refractivity contribution is 0.0590. The summed E-state index contributed by atoms with van der Waals surface area (Å²) in [5.74, 6) is 1.07. The fourth-order valence-corrected chi connectivity index (χ4v) is 3.17. The number of rotatable bonds is 4. The van der Waals surface area contributed by atoms with Gasteiger partial charge in [0, 0.05) is 23.6 Å². The highest BCUT2D eigenvalue weighted by Crippen LogP contribution is 2.37. The third-order valence-electron chi connectivity index (χ3n) is 4.39. The molecule has 0 aliphatic heterocycles. The van der Waals surface area contributed by atoms with Crippen LogP contribution in [0.25, 0.3) is 22.0 Å². The number of methoxy groups -OCH3 is 1. The fraction of sp³-hybridized carbons (Fsp3) is 0.0909. The van der Waals surface area contributed by atoms with E-state index >= 15 is 0 Å². The molecule has 134 valence electrons. The van der Waals surface area contributed by atoms with Crippen LogP contribution in [-0.4, -0.2) is 22.9 Å². The largest absolute Gasteiger partial charge is 0.464 e. The summed E-state index contributed by atoms with van der Waals surface area (Å²) in [5, 5.41) is 5.31. The summed E-state index contributed by atoms with van der Waals surface area (Å²) in [6.07, 6.45) is 0. The van der Waals surface area contributed by atoms with Crippen molar-refractivity contribution < 1.29 is 14.3 Å². The average Bonchev–Trinajstić information content (AvgIpc) is 3.04. The minimum atomic E-state index is -0.411. The summed E-state index contributed by atoms with van der Waals surface area (Å²) in [5.41, 5.74) is 2.95. The molecule has 0 aliphatic carbocycles. The molecule has 0 atom stereocenters. The Morgan fingerprint density at radius 1 is 0.889 bits per heavy atom. The van der Waals surface area contributed by atoms with Gasteiger partial charge in [0.05, 0.1) is 7.11 Å². The molecule has 0 unspecified atom stereocenters. The van der Waals surface area contributed by atoms with Gasteiger partial charge in [-0.1, -0.05) is 54.6 Å². The summed E-state index contributed by atoms with van der Waals surface area (Å²) in [4.78, 5) is 12.2. The highest BCUT2D eigenvalue weighted by Gasteiger charge is 2.20. The van der Waals surface area contributed by atoms with Crippen molar-refractivity contribution >= 4 is 16.9 Å². The van der Waals surface area contributed by atoms with Crippen LogP contribution >= 0.6 is 0 Å². The van der Waals surface area contributed by atoms with Gasteiger partial charge in [-0.25, -0.2) is 4.79 Å². The number of benzene rings is 3. The molecular weight excluding hydrogens is 340 g/mol. The monoisotopic (exact) mass is 358 g/mol. The Kier molecular flexibility index (Phi) is 4.34. The van der Waals surface area contributed by atoms with Gasteiger partial charge in [0.2, 0.25) is 0 Å². The molecule has 5 nitrogen and oxygen atoms in total. The Labute approximate surface area is 156 Å². The first-order chi connectivity index (χ1) is 13.2. The number of carbonyl (C=O) groups is 1. The van der Waals surface area contributed by atoms with E-state index in [4.69, 9.17) is 9.47 Å². The maximum Gasteiger partial charge on any atom is 0.356 e. The van der Waals surface area contributed by atoms with Crippen molar-refractivity contribution in [3.05, 3.63) is 78.5 Å². The predicted octanol–water partition coefficient (Wildman–Crippen LogP) is 4.82. The molecule has 1 aromatic heterocycles. The van der Waals surface area contributed by atoms with E-state index in [9.17, 15) is 4.79 Å². The Hall–Kier alpha value is -3.60. The van der Waals surface area contributed by atoms with Crippen molar-refractivity contribution in [3.63, 3.8) is 0 Å². The molecule has 0 spiro atoms. The van der Waals surface area contributed by atoms with Crippen LogP contribution in [-0.2, 0) is 11.8 Å². The number of ether oxygens (including phenoxy) is 2. The predicted molar refractivity (Wildman–Crippen MR) is 104 cm³/mol. The molecule has 4 aromatic rings. The van der Waals surface area contributed by atoms with Gasteiger partial charge >= 0.3 is 5.97 Å². The van der Waals surface area contributed by atoms with Crippen LogP contribution < -0.4 is 4.74 Å². The van der Waals surface area contributed by atoms with E-state index in [-0.39, 0.29) is 0 Å². The molecule has 1 heterocycles. The third-order valence-corrected chi connectivity index (χ3v) is 4.39. The van der Waals surface area contributed by atoms with Crippen molar-refractivity contribution in [2.45, 2.75) is 0 Å².